The number of rotatable bonds is 4. The average molecular weight is 395 g/mol. The van der Waals surface area contributed by atoms with Gasteiger partial charge in [-0.1, -0.05) is 13.8 Å². The van der Waals surface area contributed by atoms with Crippen LogP contribution < -0.4 is 4.90 Å². The van der Waals surface area contributed by atoms with E-state index in [1.54, 1.807) is 0 Å². The number of hydrogen-bond donors (Lipinski definition) is 0. The summed E-state index contributed by atoms with van der Waals surface area (Å²) in [5.41, 5.74) is 1.06. The SMILES string of the molecule is Cc1cc(N2CCN(Cc3sccc3Br)CC2)nc(C(C)C)n1. The molecular weight excluding hydrogens is 372 g/mol. The topological polar surface area (TPSA) is 32.3 Å². The van der Waals surface area contributed by atoms with Crippen molar-refractivity contribution in [2.75, 3.05) is 31.1 Å². The standard InChI is InChI=1S/C17H23BrN4S/c1-12(2)17-19-13(3)10-16(20-17)22-7-5-21(6-8-22)11-15-14(18)4-9-23-15/h4,9-10,12H,5-8,11H2,1-3H3. The van der Waals surface area contributed by atoms with Crippen LogP contribution in [0.3, 0.4) is 0 Å². The normalized spacial score (nSPS) is 16.3. The Morgan fingerprint density at radius 2 is 1.96 bits per heavy atom. The third kappa shape index (κ3) is 4.11. The Balaban J connectivity index is 1.64. The van der Waals surface area contributed by atoms with Gasteiger partial charge in [-0.3, -0.25) is 4.90 Å². The van der Waals surface area contributed by atoms with Gasteiger partial charge in [0.15, 0.2) is 0 Å². The number of anilines is 1. The van der Waals surface area contributed by atoms with Crippen molar-refractivity contribution >= 4 is 33.1 Å². The minimum absolute atomic E-state index is 0.367. The Labute approximate surface area is 150 Å². The van der Waals surface area contributed by atoms with Gasteiger partial charge >= 0.3 is 0 Å². The first-order valence-corrected chi connectivity index (χ1v) is 9.75. The van der Waals surface area contributed by atoms with Gasteiger partial charge in [0.05, 0.1) is 0 Å². The summed E-state index contributed by atoms with van der Waals surface area (Å²) in [5, 5.41) is 2.15. The number of aromatic nitrogens is 2. The molecule has 1 saturated heterocycles. The molecule has 0 aliphatic carbocycles. The molecule has 3 heterocycles. The van der Waals surface area contributed by atoms with Gasteiger partial charge in [-0.15, -0.1) is 11.3 Å². The minimum atomic E-state index is 0.367. The molecule has 0 unspecified atom stereocenters. The molecule has 0 saturated carbocycles. The molecule has 2 aromatic heterocycles. The first-order valence-electron chi connectivity index (χ1n) is 8.07. The molecule has 2 aromatic rings. The van der Waals surface area contributed by atoms with Crippen molar-refractivity contribution in [3.8, 4) is 0 Å². The fourth-order valence-corrected chi connectivity index (χ4v) is 4.29. The second kappa shape index (κ2) is 7.28. The van der Waals surface area contributed by atoms with Crippen LogP contribution in [-0.4, -0.2) is 41.0 Å². The lowest BCUT2D eigenvalue weighted by Gasteiger charge is -2.35. The first-order chi connectivity index (χ1) is 11.0. The summed E-state index contributed by atoms with van der Waals surface area (Å²) in [6, 6.07) is 4.24. The Morgan fingerprint density at radius 3 is 2.57 bits per heavy atom. The predicted octanol–water partition coefficient (Wildman–Crippen LogP) is 4.05. The lowest BCUT2D eigenvalue weighted by molar-refractivity contribution is 0.251. The maximum atomic E-state index is 4.76. The highest BCUT2D eigenvalue weighted by Crippen LogP contribution is 2.25. The highest BCUT2D eigenvalue weighted by molar-refractivity contribution is 9.10. The third-order valence-corrected chi connectivity index (χ3v) is 6.04. The van der Waals surface area contributed by atoms with Gasteiger partial charge in [-0.05, 0) is 34.3 Å². The molecule has 0 aromatic carbocycles. The largest absolute Gasteiger partial charge is 0.354 e. The molecule has 6 heteroatoms. The van der Waals surface area contributed by atoms with Crippen LogP contribution >= 0.6 is 27.3 Å². The quantitative estimate of drug-likeness (QED) is 0.782. The summed E-state index contributed by atoms with van der Waals surface area (Å²) in [4.78, 5) is 15.6. The molecule has 1 fully saturated rings. The Morgan fingerprint density at radius 1 is 1.22 bits per heavy atom. The van der Waals surface area contributed by atoms with Gasteiger partial charge in [0.25, 0.3) is 0 Å². The van der Waals surface area contributed by atoms with E-state index in [0.717, 1.165) is 50.1 Å². The summed E-state index contributed by atoms with van der Waals surface area (Å²) < 4.78 is 1.23. The van der Waals surface area contributed by atoms with E-state index in [4.69, 9.17) is 4.98 Å². The van der Waals surface area contributed by atoms with Gasteiger partial charge < -0.3 is 4.90 Å². The Hall–Kier alpha value is -0.980. The zero-order chi connectivity index (χ0) is 16.4. The molecule has 1 aliphatic heterocycles. The molecule has 0 atom stereocenters. The van der Waals surface area contributed by atoms with E-state index in [1.165, 1.54) is 9.35 Å². The van der Waals surface area contributed by atoms with E-state index in [-0.39, 0.29) is 0 Å². The molecule has 23 heavy (non-hydrogen) atoms. The Bertz CT molecular complexity index is 662. The van der Waals surface area contributed by atoms with Crippen LogP contribution in [0, 0.1) is 6.92 Å². The van der Waals surface area contributed by atoms with E-state index < -0.39 is 0 Å². The lowest BCUT2D eigenvalue weighted by Crippen LogP contribution is -2.46. The fraction of sp³-hybridized carbons (Fsp3) is 0.529. The van der Waals surface area contributed by atoms with Crippen molar-refractivity contribution in [3.63, 3.8) is 0 Å². The van der Waals surface area contributed by atoms with Crippen molar-refractivity contribution in [3.05, 3.63) is 38.4 Å². The van der Waals surface area contributed by atoms with Gasteiger partial charge in [-0.2, -0.15) is 0 Å². The van der Waals surface area contributed by atoms with E-state index in [0.29, 0.717) is 5.92 Å². The van der Waals surface area contributed by atoms with E-state index in [2.05, 4.69) is 69.0 Å². The van der Waals surface area contributed by atoms with Crippen LogP contribution in [0.4, 0.5) is 5.82 Å². The van der Waals surface area contributed by atoms with Crippen LogP contribution in [0.1, 0.15) is 36.2 Å². The third-order valence-electron chi connectivity index (χ3n) is 4.13. The molecule has 0 spiro atoms. The number of thiophene rings is 1. The summed E-state index contributed by atoms with van der Waals surface area (Å²) in [6.07, 6.45) is 0. The first kappa shape index (κ1) is 16.9. The zero-order valence-electron chi connectivity index (χ0n) is 13.9. The van der Waals surface area contributed by atoms with Crippen molar-refractivity contribution in [1.29, 1.82) is 0 Å². The van der Waals surface area contributed by atoms with E-state index in [9.17, 15) is 0 Å². The predicted molar refractivity (Wildman–Crippen MR) is 100 cm³/mol. The van der Waals surface area contributed by atoms with Crippen LogP contribution in [-0.2, 0) is 6.54 Å². The monoisotopic (exact) mass is 394 g/mol. The summed E-state index contributed by atoms with van der Waals surface area (Å²) in [5.74, 6) is 2.40. The molecule has 1 aliphatic rings. The minimum Gasteiger partial charge on any atom is -0.354 e. The smallest absolute Gasteiger partial charge is 0.133 e. The summed E-state index contributed by atoms with van der Waals surface area (Å²) in [7, 11) is 0. The maximum Gasteiger partial charge on any atom is 0.133 e. The van der Waals surface area contributed by atoms with E-state index >= 15 is 0 Å². The highest BCUT2D eigenvalue weighted by Gasteiger charge is 2.20. The number of aryl methyl sites for hydroxylation is 1. The lowest BCUT2D eigenvalue weighted by atomic mass is 10.2. The zero-order valence-corrected chi connectivity index (χ0v) is 16.3. The van der Waals surface area contributed by atoms with Crippen LogP contribution in [0.25, 0.3) is 0 Å². The molecular formula is C17H23BrN4S. The molecule has 0 N–H and O–H groups in total. The second-order valence-corrected chi connectivity index (χ2v) is 8.19. The molecule has 124 valence electrons. The van der Waals surface area contributed by atoms with Gasteiger partial charge in [0.2, 0.25) is 0 Å². The molecule has 3 rings (SSSR count). The number of piperazine rings is 1. The molecule has 0 radical (unpaired) electrons. The van der Waals surface area contributed by atoms with Crippen molar-refractivity contribution in [1.82, 2.24) is 14.9 Å². The van der Waals surface area contributed by atoms with Crippen molar-refractivity contribution in [2.45, 2.75) is 33.2 Å². The van der Waals surface area contributed by atoms with Crippen LogP contribution in [0.2, 0.25) is 0 Å². The average Bonchev–Trinajstić information content (AvgIpc) is 2.92. The van der Waals surface area contributed by atoms with Gasteiger partial charge in [0, 0.05) is 59.8 Å². The van der Waals surface area contributed by atoms with Gasteiger partial charge in [-0.25, -0.2) is 9.97 Å². The van der Waals surface area contributed by atoms with E-state index in [1.807, 2.05) is 11.3 Å². The van der Waals surface area contributed by atoms with Crippen LogP contribution in [0.5, 0.6) is 0 Å². The number of hydrogen-bond acceptors (Lipinski definition) is 5. The van der Waals surface area contributed by atoms with Crippen LogP contribution in [0.15, 0.2) is 22.0 Å². The summed E-state index contributed by atoms with van der Waals surface area (Å²) >= 11 is 5.45. The van der Waals surface area contributed by atoms with Crippen molar-refractivity contribution < 1.29 is 0 Å². The Kier molecular flexibility index (Phi) is 5.34. The number of nitrogens with zero attached hydrogens (tertiary/aromatic N) is 4. The molecule has 0 amide bonds. The number of halogens is 1. The maximum absolute atomic E-state index is 4.76. The molecule has 0 bridgehead atoms. The second-order valence-electron chi connectivity index (χ2n) is 6.34. The van der Waals surface area contributed by atoms with Gasteiger partial charge in [0.1, 0.15) is 11.6 Å². The molecule has 4 nitrogen and oxygen atoms in total. The van der Waals surface area contributed by atoms with Crippen molar-refractivity contribution in [2.24, 2.45) is 0 Å². The highest BCUT2D eigenvalue weighted by atomic mass is 79.9. The summed E-state index contributed by atoms with van der Waals surface area (Å²) in [6.45, 7) is 11.6. The fourth-order valence-electron chi connectivity index (χ4n) is 2.77.